The predicted octanol–water partition coefficient (Wildman–Crippen LogP) is 5.45. The van der Waals surface area contributed by atoms with Crippen LogP contribution in [0.3, 0.4) is 0 Å². The van der Waals surface area contributed by atoms with Crippen molar-refractivity contribution in [2.45, 2.75) is 9.92 Å². The molecule has 0 saturated heterocycles. The molecule has 106 valence electrons. The molecule has 1 heterocycles. The van der Waals surface area contributed by atoms with Gasteiger partial charge in [0.2, 0.25) is 0 Å². The normalized spacial score (nSPS) is 11.0. The average molecular weight is 336 g/mol. The summed E-state index contributed by atoms with van der Waals surface area (Å²) in [5, 5.41) is 2.92. The topological polar surface area (TPSA) is 22.0 Å². The minimum absolute atomic E-state index is 0.578. The Morgan fingerprint density at radius 2 is 1.71 bits per heavy atom. The van der Waals surface area contributed by atoms with Gasteiger partial charge in [-0.25, -0.2) is 0 Å². The van der Waals surface area contributed by atoms with E-state index in [2.05, 4.69) is 0 Å². The van der Waals surface area contributed by atoms with Gasteiger partial charge in [-0.1, -0.05) is 59.2 Å². The fraction of sp³-hybridized carbons (Fsp3) is 0.0625. The van der Waals surface area contributed by atoms with Crippen molar-refractivity contribution in [3.8, 4) is 0 Å². The van der Waals surface area contributed by atoms with E-state index in [1.807, 2.05) is 35.9 Å². The fourth-order valence-electron chi connectivity index (χ4n) is 2.31. The van der Waals surface area contributed by atoms with E-state index in [1.54, 1.807) is 18.2 Å². The van der Waals surface area contributed by atoms with Crippen molar-refractivity contribution in [2.24, 2.45) is 7.05 Å². The zero-order valence-corrected chi connectivity index (χ0v) is 13.5. The quantitative estimate of drug-likeness (QED) is 0.594. The minimum Gasteiger partial charge on any atom is -0.338 e. The second-order valence-electron chi connectivity index (χ2n) is 4.57. The van der Waals surface area contributed by atoms with Gasteiger partial charge in [-0.15, -0.1) is 0 Å². The maximum atomic E-state index is 11.5. The molecule has 0 aliphatic rings. The number of aryl methyl sites for hydroxylation is 1. The first-order valence-corrected chi connectivity index (χ1v) is 7.85. The van der Waals surface area contributed by atoms with Gasteiger partial charge in [-0.05, 0) is 18.2 Å². The summed E-state index contributed by atoms with van der Waals surface area (Å²) in [5.41, 5.74) is 1.67. The molecular formula is C16H11Cl2NOS. The first kappa shape index (κ1) is 14.5. The highest BCUT2D eigenvalue weighted by Crippen LogP contribution is 2.41. The van der Waals surface area contributed by atoms with E-state index >= 15 is 0 Å². The first-order chi connectivity index (χ1) is 10.1. The van der Waals surface area contributed by atoms with Crippen LogP contribution in [0.4, 0.5) is 0 Å². The van der Waals surface area contributed by atoms with Crippen LogP contribution in [0.25, 0.3) is 10.9 Å². The molecule has 0 aliphatic carbocycles. The molecule has 21 heavy (non-hydrogen) atoms. The lowest BCUT2D eigenvalue weighted by atomic mass is 10.2. The number of halogens is 2. The molecule has 0 radical (unpaired) electrons. The third kappa shape index (κ3) is 2.46. The average Bonchev–Trinajstić information content (AvgIpc) is 2.76. The maximum absolute atomic E-state index is 11.5. The van der Waals surface area contributed by atoms with Gasteiger partial charge in [-0.3, -0.25) is 4.79 Å². The molecule has 5 heteroatoms. The van der Waals surface area contributed by atoms with Gasteiger partial charge in [0, 0.05) is 18.0 Å². The Hall–Kier alpha value is -1.42. The van der Waals surface area contributed by atoms with Crippen molar-refractivity contribution >= 4 is 52.2 Å². The number of aromatic nitrogens is 1. The third-order valence-corrected chi connectivity index (χ3v) is 5.51. The molecule has 2 nitrogen and oxygen atoms in total. The van der Waals surface area contributed by atoms with Crippen LogP contribution < -0.4 is 0 Å². The molecule has 0 aliphatic heterocycles. The lowest BCUT2D eigenvalue weighted by Gasteiger charge is -2.08. The monoisotopic (exact) mass is 335 g/mol. The second-order valence-corrected chi connectivity index (χ2v) is 6.38. The summed E-state index contributed by atoms with van der Waals surface area (Å²) in [5.74, 6) is 0. The summed E-state index contributed by atoms with van der Waals surface area (Å²) < 4.78 is 1.99. The standard InChI is InChI=1S/C16H11Cl2NOS/c1-19-14-8-3-2-5-10(14)11(9-20)16(19)21-15-12(17)6-4-7-13(15)18/h2-9H,1H3. The molecule has 1 aromatic heterocycles. The smallest absolute Gasteiger partial charge is 0.153 e. The van der Waals surface area contributed by atoms with Crippen molar-refractivity contribution in [3.63, 3.8) is 0 Å². The molecule has 0 unspecified atom stereocenters. The van der Waals surface area contributed by atoms with Crippen LogP contribution in [0.1, 0.15) is 10.4 Å². The van der Waals surface area contributed by atoms with Gasteiger partial charge in [0.25, 0.3) is 0 Å². The highest BCUT2D eigenvalue weighted by molar-refractivity contribution is 7.99. The van der Waals surface area contributed by atoms with E-state index in [0.717, 1.165) is 27.1 Å². The molecule has 0 atom stereocenters. The van der Waals surface area contributed by atoms with Gasteiger partial charge in [0.05, 0.1) is 25.5 Å². The lowest BCUT2D eigenvalue weighted by Crippen LogP contribution is -1.92. The number of hydrogen-bond donors (Lipinski definition) is 0. The Morgan fingerprint density at radius 3 is 2.38 bits per heavy atom. The number of aldehydes is 1. The Kier molecular flexibility index (Phi) is 3.98. The molecule has 3 rings (SSSR count). The Bertz CT molecular complexity index is 821. The fourth-order valence-corrected chi connectivity index (χ4v) is 3.97. The number of rotatable bonds is 3. The molecule has 3 aromatic rings. The number of carbonyl (C=O) groups is 1. The zero-order valence-electron chi connectivity index (χ0n) is 11.1. The molecular weight excluding hydrogens is 325 g/mol. The molecule has 0 bridgehead atoms. The largest absolute Gasteiger partial charge is 0.338 e. The van der Waals surface area contributed by atoms with E-state index in [-0.39, 0.29) is 0 Å². The highest BCUT2D eigenvalue weighted by atomic mass is 35.5. The minimum atomic E-state index is 0.578. The SMILES string of the molecule is Cn1c(Sc2c(Cl)cccc2Cl)c(C=O)c2ccccc21. The molecule has 0 saturated carbocycles. The number of carbonyl (C=O) groups excluding carboxylic acids is 1. The number of hydrogen-bond acceptors (Lipinski definition) is 2. The van der Waals surface area contributed by atoms with Crippen LogP contribution >= 0.6 is 35.0 Å². The van der Waals surface area contributed by atoms with Gasteiger partial charge in [0.1, 0.15) is 0 Å². The third-order valence-electron chi connectivity index (χ3n) is 3.33. The van der Waals surface area contributed by atoms with Crippen LogP contribution in [0.5, 0.6) is 0 Å². The van der Waals surface area contributed by atoms with Crippen molar-refractivity contribution < 1.29 is 4.79 Å². The second kappa shape index (κ2) is 5.76. The highest BCUT2D eigenvalue weighted by Gasteiger charge is 2.17. The number of fused-ring (bicyclic) bond motifs is 1. The van der Waals surface area contributed by atoms with E-state index in [1.165, 1.54) is 11.8 Å². The van der Waals surface area contributed by atoms with Crippen LogP contribution in [-0.4, -0.2) is 10.9 Å². The Labute approximate surface area is 136 Å². The van der Waals surface area contributed by atoms with Gasteiger partial charge in [-0.2, -0.15) is 0 Å². The molecule has 2 aromatic carbocycles. The Balaban J connectivity index is 2.21. The molecule has 0 N–H and O–H groups in total. The zero-order chi connectivity index (χ0) is 15.0. The number of para-hydroxylation sites is 1. The lowest BCUT2D eigenvalue weighted by molar-refractivity contribution is 0.112. The van der Waals surface area contributed by atoms with E-state index in [9.17, 15) is 4.79 Å². The van der Waals surface area contributed by atoms with Crippen LogP contribution in [-0.2, 0) is 7.05 Å². The summed E-state index contributed by atoms with van der Waals surface area (Å²) >= 11 is 13.9. The molecule has 0 amide bonds. The van der Waals surface area contributed by atoms with Crippen molar-refractivity contribution in [3.05, 3.63) is 58.1 Å². The first-order valence-electron chi connectivity index (χ1n) is 6.28. The summed E-state index contributed by atoms with van der Waals surface area (Å²) in [7, 11) is 1.93. The number of benzene rings is 2. The van der Waals surface area contributed by atoms with E-state index in [0.29, 0.717) is 15.6 Å². The van der Waals surface area contributed by atoms with Gasteiger partial charge >= 0.3 is 0 Å². The number of nitrogens with zero attached hydrogens (tertiary/aromatic N) is 1. The van der Waals surface area contributed by atoms with E-state index < -0.39 is 0 Å². The Morgan fingerprint density at radius 1 is 1.05 bits per heavy atom. The maximum Gasteiger partial charge on any atom is 0.153 e. The van der Waals surface area contributed by atoms with Crippen molar-refractivity contribution in [1.29, 1.82) is 0 Å². The van der Waals surface area contributed by atoms with Crippen LogP contribution in [0, 0.1) is 0 Å². The summed E-state index contributed by atoms with van der Waals surface area (Å²) in [6.07, 6.45) is 0.884. The molecule has 0 spiro atoms. The van der Waals surface area contributed by atoms with Crippen molar-refractivity contribution in [1.82, 2.24) is 4.57 Å². The summed E-state index contributed by atoms with van der Waals surface area (Å²) in [4.78, 5) is 12.3. The van der Waals surface area contributed by atoms with E-state index in [4.69, 9.17) is 23.2 Å². The molecule has 0 fully saturated rings. The van der Waals surface area contributed by atoms with Gasteiger partial charge in [0.15, 0.2) is 6.29 Å². The van der Waals surface area contributed by atoms with Crippen molar-refractivity contribution in [2.75, 3.05) is 0 Å². The predicted molar refractivity (Wildman–Crippen MR) is 88.9 cm³/mol. The van der Waals surface area contributed by atoms with Crippen LogP contribution in [0.2, 0.25) is 10.0 Å². The van der Waals surface area contributed by atoms with Crippen LogP contribution in [0.15, 0.2) is 52.4 Å². The summed E-state index contributed by atoms with van der Waals surface area (Å²) in [6, 6.07) is 13.2. The summed E-state index contributed by atoms with van der Waals surface area (Å²) in [6.45, 7) is 0. The van der Waals surface area contributed by atoms with Gasteiger partial charge < -0.3 is 4.57 Å².